The van der Waals surface area contributed by atoms with Gasteiger partial charge in [0, 0.05) is 6.54 Å². The van der Waals surface area contributed by atoms with E-state index in [2.05, 4.69) is 12.6 Å². The van der Waals surface area contributed by atoms with Crippen LogP contribution < -0.4 is 5.73 Å². The van der Waals surface area contributed by atoms with Crippen LogP contribution in [0.15, 0.2) is 12.1 Å². The van der Waals surface area contributed by atoms with E-state index in [1.165, 1.54) is 0 Å². The number of phenols is 3. The van der Waals surface area contributed by atoms with Crippen molar-refractivity contribution >= 4 is 18.6 Å². The summed E-state index contributed by atoms with van der Waals surface area (Å²) in [7, 11) is 0. The fourth-order valence-electron chi connectivity index (χ4n) is 0.962. The molecule has 6 nitrogen and oxygen atoms in total. The molecule has 1 atom stereocenters. The summed E-state index contributed by atoms with van der Waals surface area (Å²) in [5, 5.41) is 27.4. The molecule has 0 spiro atoms. The number of benzene rings is 1. The number of esters is 1. The predicted molar refractivity (Wildman–Crippen MR) is 58.7 cm³/mol. The van der Waals surface area contributed by atoms with Crippen molar-refractivity contribution in [3.63, 3.8) is 0 Å². The Hall–Kier alpha value is -1.60. The standard InChI is InChI=1S/C9H11NO5S/c10-3-7(16)15-9(14)4-1-5(11)8(13)6(12)2-4/h1-2,7,11-13,16H,3,10H2. The van der Waals surface area contributed by atoms with Gasteiger partial charge in [-0.2, -0.15) is 0 Å². The van der Waals surface area contributed by atoms with Gasteiger partial charge < -0.3 is 25.8 Å². The van der Waals surface area contributed by atoms with Crippen molar-refractivity contribution < 1.29 is 24.9 Å². The minimum atomic E-state index is -0.809. The van der Waals surface area contributed by atoms with Gasteiger partial charge in [-0.15, -0.1) is 12.6 Å². The number of hydrogen-bond acceptors (Lipinski definition) is 7. The number of thiol groups is 1. The smallest absolute Gasteiger partial charge is 0.339 e. The zero-order chi connectivity index (χ0) is 12.3. The Labute approximate surface area is 96.7 Å². The highest BCUT2D eigenvalue weighted by Gasteiger charge is 2.16. The van der Waals surface area contributed by atoms with E-state index in [9.17, 15) is 4.79 Å². The maximum atomic E-state index is 11.4. The molecule has 0 aliphatic rings. The third-order valence-corrected chi connectivity index (χ3v) is 2.07. The molecule has 0 aliphatic heterocycles. The molecule has 0 aliphatic carbocycles. The quantitative estimate of drug-likeness (QED) is 0.225. The Morgan fingerprint density at radius 1 is 1.38 bits per heavy atom. The van der Waals surface area contributed by atoms with Crippen molar-refractivity contribution in [1.29, 1.82) is 0 Å². The van der Waals surface area contributed by atoms with E-state index < -0.39 is 28.7 Å². The van der Waals surface area contributed by atoms with Crippen molar-refractivity contribution in [3.8, 4) is 17.2 Å². The highest BCUT2D eigenvalue weighted by molar-refractivity contribution is 7.80. The first kappa shape index (κ1) is 12.5. The maximum absolute atomic E-state index is 11.4. The molecular formula is C9H11NO5S. The van der Waals surface area contributed by atoms with Crippen molar-refractivity contribution in [3.05, 3.63) is 17.7 Å². The van der Waals surface area contributed by atoms with Crippen LogP contribution in [-0.2, 0) is 4.74 Å². The van der Waals surface area contributed by atoms with Crippen LogP contribution in [0, 0.1) is 0 Å². The second-order valence-corrected chi connectivity index (χ2v) is 3.53. The lowest BCUT2D eigenvalue weighted by molar-refractivity contribution is 0.0471. The molecule has 0 heterocycles. The Morgan fingerprint density at radius 2 is 1.88 bits per heavy atom. The topological polar surface area (TPSA) is 113 Å². The summed E-state index contributed by atoms with van der Waals surface area (Å²) in [6.45, 7) is 0.0326. The second kappa shape index (κ2) is 4.95. The highest BCUT2D eigenvalue weighted by Crippen LogP contribution is 2.35. The van der Waals surface area contributed by atoms with Crippen molar-refractivity contribution in [2.45, 2.75) is 5.44 Å². The third kappa shape index (κ3) is 2.71. The van der Waals surface area contributed by atoms with Crippen LogP contribution in [0.5, 0.6) is 17.2 Å². The molecule has 1 aromatic rings. The third-order valence-electron chi connectivity index (χ3n) is 1.75. The average Bonchev–Trinajstić information content (AvgIpc) is 2.24. The lowest BCUT2D eigenvalue weighted by atomic mass is 10.2. The molecule has 0 saturated heterocycles. The summed E-state index contributed by atoms with van der Waals surface area (Å²) in [5.41, 5.74) is 4.31. The Bertz CT molecular complexity index is 386. The minimum absolute atomic E-state index is 0.0326. The summed E-state index contributed by atoms with van der Waals surface area (Å²) in [6, 6.07) is 1.93. The summed E-state index contributed by atoms with van der Waals surface area (Å²) in [4.78, 5) is 11.4. The van der Waals surface area contributed by atoms with E-state index in [0.29, 0.717) is 0 Å². The van der Waals surface area contributed by atoms with Crippen molar-refractivity contribution in [2.24, 2.45) is 5.73 Å². The molecule has 7 heteroatoms. The molecule has 5 N–H and O–H groups in total. The molecule has 0 fully saturated rings. The first-order valence-corrected chi connectivity index (χ1v) is 4.81. The van der Waals surface area contributed by atoms with E-state index in [0.717, 1.165) is 12.1 Å². The normalized spacial score (nSPS) is 12.1. The number of hydrogen-bond donors (Lipinski definition) is 5. The molecule has 1 aromatic carbocycles. The van der Waals surface area contributed by atoms with Crippen LogP contribution in [0.1, 0.15) is 10.4 Å². The predicted octanol–water partition coefficient (Wildman–Crippen LogP) is 0.175. The van der Waals surface area contributed by atoms with Crippen LogP contribution in [0.2, 0.25) is 0 Å². The molecule has 88 valence electrons. The van der Waals surface area contributed by atoms with E-state index in [1.54, 1.807) is 0 Å². The molecule has 1 unspecified atom stereocenters. The average molecular weight is 245 g/mol. The van der Waals surface area contributed by atoms with Gasteiger partial charge in [0.2, 0.25) is 0 Å². The zero-order valence-electron chi connectivity index (χ0n) is 8.12. The second-order valence-electron chi connectivity index (χ2n) is 2.96. The number of aromatic hydroxyl groups is 3. The van der Waals surface area contributed by atoms with Gasteiger partial charge in [0.25, 0.3) is 0 Å². The van der Waals surface area contributed by atoms with Crippen molar-refractivity contribution in [1.82, 2.24) is 0 Å². The van der Waals surface area contributed by atoms with Crippen LogP contribution in [0.4, 0.5) is 0 Å². The zero-order valence-corrected chi connectivity index (χ0v) is 9.02. The molecule has 16 heavy (non-hydrogen) atoms. The summed E-state index contributed by atoms with van der Waals surface area (Å²) < 4.78 is 4.73. The van der Waals surface area contributed by atoms with Gasteiger partial charge in [0.1, 0.15) is 0 Å². The lowest BCUT2D eigenvalue weighted by Crippen LogP contribution is -2.21. The molecule has 0 radical (unpaired) electrons. The van der Waals surface area contributed by atoms with E-state index in [4.69, 9.17) is 25.8 Å². The van der Waals surface area contributed by atoms with Crippen molar-refractivity contribution in [2.75, 3.05) is 6.54 Å². The van der Waals surface area contributed by atoms with Gasteiger partial charge in [-0.3, -0.25) is 0 Å². The van der Waals surface area contributed by atoms with Crippen LogP contribution in [-0.4, -0.2) is 33.3 Å². The Kier molecular flexibility index (Phi) is 3.86. The van der Waals surface area contributed by atoms with Gasteiger partial charge >= 0.3 is 5.97 Å². The highest BCUT2D eigenvalue weighted by atomic mass is 32.1. The maximum Gasteiger partial charge on any atom is 0.339 e. The minimum Gasteiger partial charge on any atom is -0.504 e. The summed E-state index contributed by atoms with van der Waals surface area (Å²) >= 11 is 3.85. The SMILES string of the molecule is NCC(S)OC(=O)c1cc(O)c(O)c(O)c1. The monoisotopic (exact) mass is 245 g/mol. The number of rotatable bonds is 3. The van der Waals surface area contributed by atoms with Gasteiger partial charge in [-0.05, 0) is 12.1 Å². The molecule has 1 rings (SSSR count). The molecule has 0 bridgehead atoms. The summed E-state index contributed by atoms with van der Waals surface area (Å²) in [6.07, 6.45) is 0. The molecule has 0 amide bonds. The van der Waals surface area contributed by atoms with Crippen LogP contribution in [0.25, 0.3) is 0 Å². The molecule has 0 aromatic heterocycles. The van der Waals surface area contributed by atoms with Gasteiger partial charge in [-0.1, -0.05) is 0 Å². The number of carbonyl (C=O) groups is 1. The number of carbonyl (C=O) groups excluding carboxylic acids is 1. The van der Waals surface area contributed by atoms with Gasteiger partial charge in [0.15, 0.2) is 22.7 Å². The van der Waals surface area contributed by atoms with Gasteiger partial charge in [-0.25, -0.2) is 4.79 Å². The number of ether oxygens (including phenoxy) is 1. The summed E-state index contributed by atoms with van der Waals surface area (Å²) in [5.74, 6) is -2.74. The fourth-order valence-corrected chi connectivity index (χ4v) is 1.06. The van der Waals surface area contributed by atoms with Crippen LogP contribution >= 0.6 is 12.6 Å². The largest absolute Gasteiger partial charge is 0.504 e. The van der Waals surface area contributed by atoms with E-state index >= 15 is 0 Å². The first-order chi connectivity index (χ1) is 7.45. The molecule has 0 saturated carbocycles. The lowest BCUT2D eigenvalue weighted by Gasteiger charge is -2.10. The van der Waals surface area contributed by atoms with Gasteiger partial charge in [0.05, 0.1) is 5.56 Å². The fraction of sp³-hybridized carbons (Fsp3) is 0.222. The number of phenolic OH excluding ortho intramolecular Hbond substituents is 3. The molecular weight excluding hydrogens is 234 g/mol. The number of nitrogens with two attached hydrogens (primary N) is 1. The van der Waals surface area contributed by atoms with E-state index in [1.807, 2.05) is 0 Å². The Morgan fingerprint density at radius 3 is 2.31 bits per heavy atom. The first-order valence-electron chi connectivity index (χ1n) is 4.29. The van der Waals surface area contributed by atoms with E-state index in [-0.39, 0.29) is 12.1 Å². The Balaban J connectivity index is 2.93. The van der Waals surface area contributed by atoms with Crippen LogP contribution in [0.3, 0.4) is 0 Å².